The van der Waals surface area contributed by atoms with Crippen LogP contribution >= 0.6 is 11.6 Å². The molecule has 0 saturated carbocycles. The third-order valence-corrected chi connectivity index (χ3v) is 2.25. The van der Waals surface area contributed by atoms with Crippen LogP contribution < -0.4 is 11.1 Å². The quantitative estimate of drug-likeness (QED) is 0.643. The number of nitrogens with two attached hydrogens (primary N) is 1. The van der Waals surface area contributed by atoms with E-state index in [4.69, 9.17) is 22.1 Å². The first-order chi connectivity index (χ1) is 8.40. The average molecular weight is 271 g/mol. The molecule has 1 aromatic carbocycles. The Morgan fingerprint density at radius 3 is 2.67 bits per heavy atom. The van der Waals surface area contributed by atoms with Crippen molar-refractivity contribution in [1.29, 1.82) is 0 Å². The number of hydrogen-bond acceptors (Lipinski definition) is 4. The maximum Gasteiger partial charge on any atom is 0.340 e. The molecule has 3 N–H and O–H groups in total. The Kier molecular flexibility index (Phi) is 4.97. The summed E-state index contributed by atoms with van der Waals surface area (Å²) in [5, 5.41) is 3.04. The summed E-state index contributed by atoms with van der Waals surface area (Å²) < 4.78 is 4.84. The zero-order valence-corrected chi connectivity index (χ0v) is 11.0. The Bertz CT molecular complexity index is 461. The summed E-state index contributed by atoms with van der Waals surface area (Å²) in [6.07, 6.45) is 0. The number of anilines is 1. The van der Waals surface area contributed by atoms with Gasteiger partial charge in [-0.05, 0) is 32.0 Å². The molecule has 98 valence electrons. The predicted molar refractivity (Wildman–Crippen MR) is 69.4 cm³/mol. The molecule has 18 heavy (non-hydrogen) atoms. The number of carbonyl (C=O) groups is 2. The van der Waals surface area contributed by atoms with Gasteiger partial charge in [0.1, 0.15) is 0 Å². The van der Waals surface area contributed by atoms with Crippen molar-refractivity contribution in [2.75, 3.05) is 12.3 Å². The molecule has 0 unspecified atom stereocenters. The smallest absolute Gasteiger partial charge is 0.340 e. The first-order valence-electron chi connectivity index (χ1n) is 5.41. The van der Waals surface area contributed by atoms with Gasteiger partial charge in [-0.1, -0.05) is 11.6 Å². The number of halogens is 1. The fraction of sp³-hybridized carbons (Fsp3) is 0.333. The highest BCUT2D eigenvalue weighted by molar-refractivity contribution is 6.31. The van der Waals surface area contributed by atoms with Crippen LogP contribution in [0, 0.1) is 0 Å². The monoisotopic (exact) mass is 270 g/mol. The molecule has 0 saturated heterocycles. The van der Waals surface area contributed by atoms with E-state index in [1.165, 1.54) is 18.2 Å². The zero-order valence-electron chi connectivity index (χ0n) is 10.2. The van der Waals surface area contributed by atoms with E-state index < -0.39 is 5.97 Å². The van der Waals surface area contributed by atoms with E-state index in [-0.39, 0.29) is 29.8 Å². The molecule has 0 atom stereocenters. The molecule has 0 heterocycles. The minimum atomic E-state index is -0.650. The molecule has 5 nitrogen and oxygen atoms in total. The fourth-order valence-electron chi connectivity index (χ4n) is 1.29. The van der Waals surface area contributed by atoms with E-state index in [0.717, 1.165) is 0 Å². The van der Waals surface area contributed by atoms with Crippen LogP contribution in [0.3, 0.4) is 0 Å². The lowest BCUT2D eigenvalue weighted by molar-refractivity contribution is -0.124. The highest BCUT2D eigenvalue weighted by Gasteiger charge is 2.13. The van der Waals surface area contributed by atoms with Crippen molar-refractivity contribution in [3.8, 4) is 0 Å². The van der Waals surface area contributed by atoms with E-state index in [9.17, 15) is 9.59 Å². The number of nitrogen functional groups attached to an aromatic ring is 1. The molecule has 0 aliphatic carbocycles. The molecule has 0 aliphatic heterocycles. The molecule has 1 rings (SSSR count). The first kappa shape index (κ1) is 14.3. The molecular weight excluding hydrogens is 256 g/mol. The Balaban J connectivity index is 2.58. The normalized spacial score (nSPS) is 10.2. The zero-order chi connectivity index (χ0) is 13.7. The van der Waals surface area contributed by atoms with E-state index >= 15 is 0 Å². The van der Waals surface area contributed by atoms with Crippen molar-refractivity contribution < 1.29 is 14.3 Å². The number of esters is 1. The lowest BCUT2D eigenvalue weighted by atomic mass is 10.2. The SMILES string of the molecule is CC(C)NC(=O)COC(=O)c1ccc(Cl)cc1N. The number of amides is 1. The van der Waals surface area contributed by atoms with E-state index in [1.807, 2.05) is 13.8 Å². The van der Waals surface area contributed by atoms with Crippen LogP contribution in [0.1, 0.15) is 24.2 Å². The second-order valence-corrected chi connectivity index (χ2v) is 4.47. The molecule has 1 amide bonds. The topological polar surface area (TPSA) is 81.4 Å². The standard InChI is InChI=1S/C12H15ClN2O3/c1-7(2)15-11(16)6-18-12(17)9-4-3-8(13)5-10(9)14/h3-5,7H,6,14H2,1-2H3,(H,15,16). The van der Waals surface area contributed by atoms with Crippen LogP contribution in [0.5, 0.6) is 0 Å². The number of carbonyl (C=O) groups excluding carboxylic acids is 2. The van der Waals surface area contributed by atoms with Crippen molar-refractivity contribution in [3.63, 3.8) is 0 Å². The Labute approximate surface area is 110 Å². The van der Waals surface area contributed by atoms with Gasteiger partial charge >= 0.3 is 5.97 Å². The van der Waals surface area contributed by atoms with Gasteiger partial charge in [0.2, 0.25) is 0 Å². The molecular formula is C12H15ClN2O3. The van der Waals surface area contributed by atoms with Gasteiger partial charge < -0.3 is 15.8 Å². The number of rotatable bonds is 4. The molecule has 6 heteroatoms. The highest BCUT2D eigenvalue weighted by Crippen LogP contribution is 2.18. The maximum atomic E-state index is 11.6. The summed E-state index contributed by atoms with van der Waals surface area (Å²) in [6.45, 7) is 3.30. The molecule has 1 aromatic rings. The van der Waals surface area contributed by atoms with Crippen LogP contribution in [0.25, 0.3) is 0 Å². The molecule has 0 radical (unpaired) electrons. The van der Waals surface area contributed by atoms with Crippen LogP contribution in [0.2, 0.25) is 5.02 Å². The average Bonchev–Trinajstić information content (AvgIpc) is 2.25. The van der Waals surface area contributed by atoms with Gasteiger partial charge in [-0.25, -0.2) is 4.79 Å². The summed E-state index contributed by atoms with van der Waals surface area (Å²) in [5.41, 5.74) is 6.03. The maximum absolute atomic E-state index is 11.6. The van der Waals surface area contributed by atoms with Gasteiger partial charge in [0.05, 0.1) is 5.56 Å². The molecule has 0 aliphatic rings. The second-order valence-electron chi connectivity index (χ2n) is 4.03. The minimum Gasteiger partial charge on any atom is -0.452 e. The predicted octanol–water partition coefficient (Wildman–Crippen LogP) is 1.60. The Hall–Kier alpha value is -1.75. The van der Waals surface area contributed by atoms with Crippen molar-refractivity contribution in [2.45, 2.75) is 19.9 Å². The second kappa shape index (κ2) is 6.26. The van der Waals surface area contributed by atoms with Gasteiger partial charge in [0.25, 0.3) is 5.91 Å². The van der Waals surface area contributed by atoms with Gasteiger partial charge in [0, 0.05) is 16.8 Å². The molecule has 0 fully saturated rings. The number of benzene rings is 1. The number of ether oxygens (including phenoxy) is 1. The molecule has 0 bridgehead atoms. The lowest BCUT2D eigenvalue weighted by Crippen LogP contribution is -2.34. The third kappa shape index (κ3) is 4.25. The lowest BCUT2D eigenvalue weighted by Gasteiger charge is -2.09. The van der Waals surface area contributed by atoms with Gasteiger partial charge in [-0.3, -0.25) is 4.79 Å². The largest absolute Gasteiger partial charge is 0.452 e. The van der Waals surface area contributed by atoms with Crippen LogP contribution in [0.4, 0.5) is 5.69 Å². The van der Waals surface area contributed by atoms with Crippen molar-refractivity contribution in [1.82, 2.24) is 5.32 Å². The van der Waals surface area contributed by atoms with Crippen molar-refractivity contribution >= 4 is 29.2 Å². The van der Waals surface area contributed by atoms with E-state index in [2.05, 4.69) is 5.32 Å². The Morgan fingerprint density at radius 1 is 1.44 bits per heavy atom. The summed E-state index contributed by atoms with van der Waals surface area (Å²) in [5.74, 6) is -1.01. The first-order valence-corrected chi connectivity index (χ1v) is 5.79. The summed E-state index contributed by atoms with van der Waals surface area (Å²) in [7, 11) is 0. The molecule has 0 aromatic heterocycles. The summed E-state index contributed by atoms with van der Waals surface area (Å²) >= 11 is 5.71. The molecule has 0 spiro atoms. The van der Waals surface area contributed by atoms with Crippen molar-refractivity contribution in [2.24, 2.45) is 0 Å². The van der Waals surface area contributed by atoms with Gasteiger partial charge in [0.15, 0.2) is 6.61 Å². The third-order valence-electron chi connectivity index (χ3n) is 2.02. The number of nitrogens with one attached hydrogen (secondary N) is 1. The van der Waals surface area contributed by atoms with E-state index in [1.54, 1.807) is 0 Å². The summed E-state index contributed by atoms with van der Waals surface area (Å²) in [6, 6.07) is 4.44. The highest BCUT2D eigenvalue weighted by atomic mass is 35.5. The minimum absolute atomic E-state index is 0.00296. The van der Waals surface area contributed by atoms with Gasteiger partial charge in [-0.15, -0.1) is 0 Å². The van der Waals surface area contributed by atoms with Crippen LogP contribution in [-0.2, 0) is 9.53 Å². The van der Waals surface area contributed by atoms with E-state index in [0.29, 0.717) is 5.02 Å². The Morgan fingerprint density at radius 2 is 2.11 bits per heavy atom. The summed E-state index contributed by atoms with van der Waals surface area (Å²) in [4.78, 5) is 22.9. The van der Waals surface area contributed by atoms with Crippen molar-refractivity contribution in [3.05, 3.63) is 28.8 Å². The number of hydrogen-bond donors (Lipinski definition) is 2. The van der Waals surface area contributed by atoms with Crippen LogP contribution in [0.15, 0.2) is 18.2 Å². The van der Waals surface area contributed by atoms with Crippen LogP contribution in [-0.4, -0.2) is 24.5 Å². The fourth-order valence-corrected chi connectivity index (χ4v) is 1.47. The van der Waals surface area contributed by atoms with Gasteiger partial charge in [-0.2, -0.15) is 0 Å².